The average molecular weight is 273 g/mol. The van der Waals surface area contributed by atoms with Crippen LogP contribution in [-0.4, -0.2) is 48.6 Å². The van der Waals surface area contributed by atoms with Crippen molar-refractivity contribution in [3.63, 3.8) is 0 Å². The number of hydrogen-bond donors (Lipinski definition) is 1. The van der Waals surface area contributed by atoms with E-state index >= 15 is 0 Å². The van der Waals surface area contributed by atoms with Gasteiger partial charge in [0.15, 0.2) is 0 Å². The minimum absolute atomic E-state index is 0.508. The summed E-state index contributed by atoms with van der Waals surface area (Å²) in [6.45, 7) is 5.83. The van der Waals surface area contributed by atoms with Gasteiger partial charge in [-0.25, -0.2) is 0 Å². The molecule has 2 unspecified atom stereocenters. The Kier molecular flexibility index (Phi) is 4.71. The Balaban J connectivity index is 1.66. The third-order valence-electron chi connectivity index (χ3n) is 4.92. The van der Waals surface area contributed by atoms with Crippen LogP contribution in [0.25, 0.3) is 0 Å². The zero-order valence-corrected chi connectivity index (χ0v) is 12.4. The third kappa shape index (κ3) is 3.05. The summed E-state index contributed by atoms with van der Waals surface area (Å²) in [5.74, 6) is 0. The molecule has 2 saturated heterocycles. The molecule has 2 aliphatic heterocycles. The van der Waals surface area contributed by atoms with Gasteiger partial charge >= 0.3 is 0 Å². The van der Waals surface area contributed by atoms with Crippen LogP contribution in [0.3, 0.4) is 0 Å². The molecule has 1 aromatic carbocycles. The number of likely N-dealkylation sites (tertiary alicyclic amines) is 2. The number of benzene rings is 1. The normalized spacial score (nSPS) is 26.1. The molecule has 0 radical (unpaired) electrons. The summed E-state index contributed by atoms with van der Waals surface area (Å²) in [4.78, 5) is 5.36. The van der Waals surface area contributed by atoms with E-state index in [1.54, 1.807) is 0 Å². The van der Waals surface area contributed by atoms with E-state index in [1.807, 2.05) is 0 Å². The van der Waals surface area contributed by atoms with Crippen molar-refractivity contribution in [2.24, 2.45) is 5.73 Å². The third-order valence-corrected chi connectivity index (χ3v) is 4.92. The second-order valence-corrected chi connectivity index (χ2v) is 6.18. The van der Waals surface area contributed by atoms with E-state index in [2.05, 4.69) is 40.1 Å². The molecule has 2 atom stereocenters. The molecule has 110 valence electrons. The van der Waals surface area contributed by atoms with Crippen LogP contribution in [0, 0.1) is 0 Å². The van der Waals surface area contributed by atoms with Crippen LogP contribution in [0.15, 0.2) is 30.3 Å². The van der Waals surface area contributed by atoms with Gasteiger partial charge in [0.1, 0.15) is 0 Å². The van der Waals surface area contributed by atoms with Crippen molar-refractivity contribution in [3.05, 3.63) is 35.9 Å². The highest BCUT2D eigenvalue weighted by atomic mass is 15.3. The molecule has 2 heterocycles. The van der Waals surface area contributed by atoms with E-state index in [0.29, 0.717) is 6.04 Å². The Morgan fingerprint density at radius 2 is 1.85 bits per heavy atom. The maximum Gasteiger partial charge on any atom is 0.0360 e. The minimum atomic E-state index is 0.508. The number of hydrogen-bond acceptors (Lipinski definition) is 3. The van der Waals surface area contributed by atoms with Crippen molar-refractivity contribution in [1.29, 1.82) is 0 Å². The van der Waals surface area contributed by atoms with E-state index in [4.69, 9.17) is 5.73 Å². The Labute approximate surface area is 122 Å². The van der Waals surface area contributed by atoms with Gasteiger partial charge in [-0.1, -0.05) is 30.3 Å². The quantitative estimate of drug-likeness (QED) is 0.893. The first kappa shape index (κ1) is 14.1. The van der Waals surface area contributed by atoms with E-state index in [-0.39, 0.29) is 0 Å². The van der Waals surface area contributed by atoms with Gasteiger partial charge in [-0.05, 0) is 50.9 Å². The lowest BCUT2D eigenvalue weighted by molar-refractivity contribution is 0.195. The van der Waals surface area contributed by atoms with Gasteiger partial charge in [-0.15, -0.1) is 0 Å². The second-order valence-electron chi connectivity index (χ2n) is 6.18. The van der Waals surface area contributed by atoms with E-state index < -0.39 is 0 Å². The molecule has 0 aliphatic carbocycles. The van der Waals surface area contributed by atoms with Crippen molar-refractivity contribution in [2.75, 3.05) is 32.7 Å². The fourth-order valence-electron chi connectivity index (χ4n) is 3.85. The molecule has 0 spiro atoms. The van der Waals surface area contributed by atoms with Gasteiger partial charge in [0, 0.05) is 25.2 Å². The van der Waals surface area contributed by atoms with Crippen LogP contribution >= 0.6 is 0 Å². The lowest BCUT2D eigenvalue weighted by Crippen LogP contribution is -2.36. The van der Waals surface area contributed by atoms with Crippen molar-refractivity contribution in [2.45, 2.75) is 37.8 Å². The van der Waals surface area contributed by atoms with Crippen molar-refractivity contribution < 1.29 is 0 Å². The highest BCUT2D eigenvalue weighted by Crippen LogP contribution is 2.30. The SMILES string of the molecule is NCCC(c1ccccc1)N1CCC(N2CCCC2)C1. The molecular formula is C17H27N3. The first-order valence-electron chi connectivity index (χ1n) is 8.11. The highest BCUT2D eigenvalue weighted by Gasteiger charge is 2.32. The van der Waals surface area contributed by atoms with Gasteiger partial charge in [0.2, 0.25) is 0 Å². The first-order valence-corrected chi connectivity index (χ1v) is 8.11. The number of rotatable bonds is 5. The van der Waals surface area contributed by atoms with Crippen molar-refractivity contribution >= 4 is 0 Å². The summed E-state index contributed by atoms with van der Waals surface area (Å²) in [5.41, 5.74) is 7.28. The largest absolute Gasteiger partial charge is 0.330 e. The lowest BCUT2D eigenvalue weighted by atomic mass is 10.0. The van der Waals surface area contributed by atoms with Gasteiger partial charge in [0.05, 0.1) is 0 Å². The molecule has 3 nitrogen and oxygen atoms in total. The first-order chi connectivity index (χ1) is 9.88. The van der Waals surface area contributed by atoms with Gasteiger partial charge < -0.3 is 5.73 Å². The highest BCUT2D eigenvalue weighted by molar-refractivity contribution is 5.19. The van der Waals surface area contributed by atoms with E-state index in [1.165, 1.54) is 51.0 Å². The summed E-state index contributed by atoms with van der Waals surface area (Å²) in [7, 11) is 0. The average Bonchev–Trinajstić information content (AvgIpc) is 3.16. The Morgan fingerprint density at radius 1 is 1.10 bits per heavy atom. The van der Waals surface area contributed by atoms with Crippen LogP contribution in [-0.2, 0) is 0 Å². The van der Waals surface area contributed by atoms with E-state index in [9.17, 15) is 0 Å². The van der Waals surface area contributed by atoms with Crippen molar-refractivity contribution in [3.8, 4) is 0 Å². The van der Waals surface area contributed by atoms with Gasteiger partial charge in [-0.2, -0.15) is 0 Å². The Hall–Kier alpha value is -0.900. The maximum atomic E-state index is 5.85. The fraction of sp³-hybridized carbons (Fsp3) is 0.647. The molecule has 0 aromatic heterocycles. The molecule has 0 saturated carbocycles. The zero-order chi connectivity index (χ0) is 13.8. The molecule has 0 bridgehead atoms. The van der Waals surface area contributed by atoms with Gasteiger partial charge in [0.25, 0.3) is 0 Å². The Bertz CT molecular complexity index is 400. The zero-order valence-electron chi connectivity index (χ0n) is 12.4. The molecule has 3 heteroatoms. The van der Waals surface area contributed by atoms with Crippen LogP contribution in [0.4, 0.5) is 0 Å². The summed E-state index contributed by atoms with van der Waals surface area (Å²) in [6, 6.07) is 12.2. The van der Waals surface area contributed by atoms with Crippen LogP contribution < -0.4 is 5.73 Å². The summed E-state index contributed by atoms with van der Waals surface area (Å²) in [5, 5.41) is 0. The van der Waals surface area contributed by atoms with Crippen molar-refractivity contribution in [1.82, 2.24) is 9.80 Å². The lowest BCUT2D eigenvalue weighted by Gasteiger charge is -2.29. The fourth-order valence-corrected chi connectivity index (χ4v) is 3.85. The number of nitrogens with zero attached hydrogens (tertiary/aromatic N) is 2. The van der Waals surface area contributed by atoms with Crippen LogP contribution in [0.2, 0.25) is 0 Å². The molecule has 1 aromatic rings. The summed E-state index contributed by atoms with van der Waals surface area (Å²) < 4.78 is 0. The summed E-state index contributed by atoms with van der Waals surface area (Å²) >= 11 is 0. The van der Waals surface area contributed by atoms with E-state index in [0.717, 1.165) is 19.0 Å². The Morgan fingerprint density at radius 3 is 2.55 bits per heavy atom. The predicted molar refractivity (Wildman–Crippen MR) is 83.6 cm³/mol. The summed E-state index contributed by atoms with van der Waals surface area (Å²) in [6.07, 6.45) is 5.17. The minimum Gasteiger partial charge on any atom is -0.330 e. The maximum absolute atomic E-state index is 5.85. The molecular weight excluding hydrogens is 246 g/mol. The van der Waals surface area contributed by atoms with Gasteiger partial charge in [-0.3, -0.25) is 9.80 Å². The van der Waals surface area contributed by atoms with Crippen LogP contribution in [0.1, 0.15) is 37.3 Å². The molecule has 20 heavy (non-hydrogen) atoms. The molecule has 0 amide bonds. The number of nitrogens with two attached hydrogens (primary N) is 1. The topological polar surface area (TPSA) is 32.5 Å². The standard InChI is InChI=1S/C17H27N3/c18-10-8-17(15-6-2-1-3-7-15)20-13-9-16(14-20)19-11-4-5-12-19/h1-3,6-7,16-17H,4-5,8-14,18H2. The smallest absolute Gasteiger partial charge is 0.0360 e. The van der Waals surface area contributed by atoms with Crippen LogP contribution in [0.5, 0.6) is 0 Å². The monoisotopic (exact) mass is 273 g/mol. The predicted octanol–water partition coefficient (Wildman–Crippen LogP) is 2.25. The second kappa shape index (κ2) is 6.70. The molecule has 2 N–H and O–H groups in total. The molecule has 2 aliphatic rings. The molecule has 2 fully saturated rings. The molecule has 3 rings (SSSR count).